The number of piperazine rings is 1. The molecule has 2 fully saturated rings. The molecule has 3 amide bonds. The molecule has 3 heterocycles. The Kier molecular flexibility index (Phi) is 7.53. The van der Waals surface area contributed by atoms with Crippen molar-refractivity contribution < 1.29 is 14.4 Å². The van der Waals surface area contributed by atoms with E-state index in [0.29, 0.717) is 22.9 Å². The number of fused-ring (bicyclic) bond motifs is 1. The van der Waals surface area contributed by atoms with Crippen molar-refractivity contribution in [2.24, 2.45) is 5.92 Å². The molecular weight excluding hydrogens is 572 g/mol. The minimum absolute atomic E-state index is 0.113. The summed E-state index contributed by atoms with van der Waals surface area (Å²) in [5, 5.41) is 12.1. The number of anilines is 5. The summed E-state index contributed by atoms with van der Waals surface area (Å²) in [7, 11) is 2.02. The molecule has 0 unspecified atom stereocenters. The summed E-state index contributed by atoms with van der Waals surface area (Å²) >= 11 is 1.41. The fraction of sp³-hybridized carbons (Fsp3) is 0.265. The quantitative estimate of drug-likeness (QED) is 0.276. The van der Waals surface area contributed by atoms with Crippen LogP contribution in [-0.2, 0) is 11.3 Å². The molecule has 1 saturated carbocycles. The minimum atomic E-state index is -0.153. The maximum absolute atomic E-state index is 13.1. The standard InChI is InChI=1S/C34H34N6O3S/c1-37-22-25-21-27(10-15-30(25)40(37)29-13-8-26(9-14-29)35-33(42)31-3-2-20-44-31)36-32(41)23-6-11-28(12-7-23)38-16-18-39(19-17-38)34(43)24-4-5-24/h2-3,6-15,20-21,24H,4-5,16-19,22H2,1H3,(H,35,42)(H,36,41). The van der Waals surface area contributed by atoms with Crippen LogP contribution in [0.1, 0.15) is 38.4 Å². The summed E-state index contributed by atoms with van der Waals surface area (Å²) in [4.78, 5) is 42.8. The van der Waals surface area contributed by atoms with Crippen LogP contribution in [0.5, 0.6) is 0 Å². The molecule has 7 rings (SSSR count). The first-order chi connectivity index (χ1) is 21.4. The molecule has 3 aliphatic rings. The van der Waals surface area contributed by atoms with E-state index in [0.717, 1.165) is 73.0 Å². The number of carbonyl (C=O) groups is 3. The minimum Gasteiger partial charge on any atom is -0.368 e. The van der Waals surface area contributed by atoms with Gasteiger partial charge in [0, 0.05) is 68.3 Å². The lowest BCUT2D eigenvalue weighted by molar-refractivity contribution is -0.132. The summed E-state index contributed by atoms with van der Waals surface area (Å²) < 4.78 is 0. The zero-order chi connectivity index (χ0) is 30.2. The summed E-state index contributed by atoms with van der Waals surface area (Å²) in [6.45, 7) is 3.82. The SMILES string of the molecule is CN1Cc2cc(NC(=O)c3ccc(N4CCN(C(=O)C5CC5)CC4)cc3)ccc2N1c1ccc(NC(=O)c2cccs2)cc1. The van der Waals surface area contributed by atoms with Gasteiger partial charge in [0.25, 0.3) is 11.8 Å². The van der Waals surface area contributed by atoms with Gasteiger partial charge in [-0.1, -0.05) is 6.07 Å². The molecule has 44 heavy (non-hydrogen) atoms. The van der Waals surface area contributed by atoms with Gasteiger partial charge in [0.05, 0.1) is 16.3 Å². The highest BCUT2D eigenvalue weighted by atomic mass is 32.1. The van der Waals surface area contributed by atoms with Crippen molar-refractivity contribution >= 4 is 57.5 Å². The lowest BCUT2D eigenvalue weighted by Crippen LogP contribution is -2.49. The number of thiophene rings is 1. The average Bonchev–Trinajstić information content (AvgIpc) is 3.64. The van der Waals surface area contributed by atoms with Crippen molar-refractivity contribution in [2.75, 3.05) is 53.8 Å². The summed E-state index contributed by atoms with van der Waals surface area (Å²) in [5.74, 6) is 0.312. The number of benzene rings is 3. The van der Waals surface area contributed by atoms with Gasteiger partial charge in [-0.05, 0) is 96.6 Å². The predicted molar refractivity (Wildman–Crippen MR) is 175 cm³/mol. The molecule has 2 aliphatic heterocycles. The van der Waals surface area contributed by atoms with Crippen molar-refractivity contribution in [3.63, 3.8) is 0 Å². The third-order valence-electron chi connectivity index (χ3n) is 8.43. The van der Waals surface area contributed by atoms with Crippen LogP contribution in [0.3, 0.4) is 0 Å². The number of carbonyl (C=O) groups excluding carboxylic acids is 3. The highest BCUT2D eigenvalue weighted by Gasteiger charge is 2.34. The van der Waals surface area contributed by atoms with E-state index in [2.05, 4.69) is 25.6 Å². The number of hydrazine groups is 1. The first-order valence-electron chi connectivity index (χ1n) is 15.0. The Morgan fingerprint density at radius 2 is 1.45 bits per heavy atom. The van der Waals surface area contributed by atoms with Crippen LogP contribution in [0.2, 0.25) is 0 Å². The van der Waals surface area contributed by atoms with Crippen LogP contribution in [0.4, 0.5) is 28.4 Å². The Balaban J connectivity index is 0.967. The number of rotatable bonds is 7. The molecule has 9 nitrogen and oxygen atoms in total. The second kappa shape index (κ2) is 11.8. The van der Waals surface area contributed by atoms with Gasteiger partial charge in [-0.15, -0.1) is 11.3 Å². The lowest BCUT2D eigenvalue weighted by Gasteiger charge is -2.36. The van der Waals surface area contributed by atoms with Gasteiger partial charge < -0.3 is 20.4 Å². The molecule has 10 heteroatoms. The number of hydrogen-bond donors (Lipinski definition) is 2. The largest absolute Gasteiger partial charge is 0.368 e. The lowest BCUT2D eigenvalue weighted by atomic mass is 10.1. The monoisotopic (exact) mass is 606 g/mol. The predicted octanol–water partition coefficient (Wildman–Crippen LogP) is 5.81. The van der Waals surface area contributed by atoms with E-state index in [1.54, 1.807) is 6.07 Å². The Morgan fingerprint density at radius 1 is 0.773 bits per heavy atom. The van der Waals surface area contributed by atoms with Crippen LogP contribution < -0.4 is 20.5 Å². The molecule has 1 saturated heterocycles. The van der Waals surface area contributed by atoms with Gasteiger partial charge in [0.1, 0.15) is 0 Å². The third-order valence-corrected chi connectivity index (χ3v) is 9.30. The van der Waals surface area contributed by atoms with Gasteiger partial charge >= 0.3 is 0 Å². The molecule has 0 atom stereocenters. The Bertz CT molecular complexity index is 1680. The molecule has 0 spiro atoms. The number of hydrogen-bond acceptors (Lipinski definition) is 7. The molecule has 3 aromatic carbocycles. The summed E-state index contributed by atoms with van der Waals surface area (Å²) in [6, 6.07) is 25.1. The van der Waals surface area contributed by atoms with E-state index < -0.39 is 0 Å². The molecule has 2 N–H and O–H groups in total. The Labute approximate surface area is 260 Å². The maximum atomic E-state index is 13.1. The molecule has 4 aromatic rings. The molecule has 1 aromatic heterocycles. The third kappa shape index (κ3) is 5.78. The van der Waals surface area contributed by atoms with E-state index in [-0.39, 0.29) is 17.7 Å². The zero-order valence-electron chi connectivity index (χ0n) is 24.5. The van der Waals surface area contributed by atoms with Crippen LogP contribution in [0.25, 0.3) is 0 Å². The number of nitrogens with zero attached hydrogens (tertiary/aromatic N) is 4. The van der Waals surface area contributed by atoms with Crippen molar-refractivity contribution in [1.82, 2.24) is 9.91 Å². The molecule has 224 valence electrons. The van der Waals surface area contributed by atoms with Crippen LogP contribution in [-0.4, -0.2) is 60.9 Å². The normalized spacial score (nSPS) is 16.5. The molecular formula is C34H34N6O3S. The van der Waals surface area contributed by atoms with Crippen molar-refractivity contribution in [3.8, 4) is 0 Å². The van der Waals surface area contributed by atoms with E-state index in [1.165, 1.54) is 11.3 Å². The Morgan fingerprint density at radius 3 is 2.14 bits per heavy atom. The molecule has 0 radical (unpaired) electrons. The van der Waals surface area contributed by atoms with Gasteiger partial charge in [-0.3, -0.25) is 19.4 Å². The molecule has 1 aliphatic carbocycles. The van der Waals surface area contributed by atoms with E-state index in [1.807, 2.05) is 90.1 Å². The first-order valence-corrected chi connectivity index (χ1v) is 15.8. The van der Waals surface area contributed by atoms with Gasteiger partial charge in [0.15, 0.2) is 0 Å². The number of amides is 3. The highest BCUT2D eigenvalue weighted by molar-refractivity contribution is 7.12. The second-order valence-corrected chi connectivity index (χ2v) is 12.5. The van der Waals surface area contributed by atoms with Crippen LogP contribution in [0.15, 0.2) is 84.2 Å². The number of nitrogens with one attached hydrogen (secondary N) is 2. The van der Waals surface area contributed by atoms with Gasteiger partial charge in [0.2, 0.25) is 5.91 Å². The Hall–Kier alpha value is -4.67. The fourth-order valence-electron chi connectivity index (χ4n) is 5.92. The van der Waals surface area contributed by atoms with Gasteiger partial charge in [-0.25, -0.2) is 5.01 Å². The highest BCUT2D eigenvalue weighted by Crippen LogP contribution is 2.38. The maximum Gasteiger partial charge on any atom is 0.265 e. The average molecular weight is 607 g/mol. The van der Waals surface area contributed by atoms with Crippen molar-refractivity contribution in [1.29, 1.82) is 0 Å². The van der Waals surface area contributed by atoms with E-state index in [4.69, 9.17) is 0 Å². The molecule has 0 bridgehead atoms. The summed E-state index contributed by atoms with van der Waals surface area (Å²) in [6.07, 6.45) is 2.08. The van der Waals surface area contributed by atoms with Crippen molar-refractivity contribution in [2.45, 2.75) is 19.4 Å². The van der Waals surface area contributed by atoms with Crippen LogP contribution in [0, 0.1) is 5.92 Å². The zero-order valence-corrected chi connectivity index (χ0v) is 25.3. The smallest absolute Gasteiger partial charge is 0.265 e. The van der Waals surface area contributed by atoms with Crippen molar-refractivity contribution in [3.05, 3.63) is 100 Å². The van der Waals surface area contributed by atoms with E-state index in [9.17, 15) is 14.4 Å². The topological polar surface area (TPSA) is 88.2 Å². The fourth-order valence-corrected chi connectivity index (χ4v) is 6.54. The van der Waals surface area contributed by atoms with Gasteiger partial charge in [-0.2, -0.15) is 0 Å². The van der Waals surface area contributed by atoms with Crippen LogP contribution >= 0.6 is 11.3 Å². The summed E-state index contributed by atoms with van der Waals surface area (Å²) in [5.41, 5.74) is 6.28. The van der Waals surface area contributed by atoms with E-state index >= 15 is 0 Å². The first kappa shape index (κ1) is 28.1. The second-order valence-electron chi connectivity index (χ2n) is 11.5.